The molecule has 0 aromatic heterocycles. The summed E-state index contributed by atoms with van der Waals surface area (Å²) in [6.45, 7) is 9.93. The third-order valence-electron chi connectivity index (χ3n) is 5.94. The van der Waals surface area contributed by atoms with Crippen LogP contribution in [0.2, 0.25) is 0 Å². The molecule has 0 aliphatic carbocycles. The fourth-order valence-electron chi connectivity index (χ4n) is 4.00. The molecule has 3 aromatic carbocycles. The van der Waals surface area contributed by atoms with Crippen molar-refractivity contribution in [2.75, 3.05) is 14.2 Å². The number of carbonyl (C=O) groups is 2. The van der Waals surface area contributed by atoms with Gasteiger partial charge in [-0.05, 0) is 48.1 Å². The zero-order valence-electron chi connectivity index (χ0n) is 20.8. The van der Waals surface area contributed by atoms with E-state index in [1.54, 1.807) is 42.5 Å². The van der Waals surface area contributed by atoms with Crippen molar-refractivity contribution in [2.24, 2.45) is 0 Å². The van der Waals surface area contributed by atoms with Crippen LogP contribution >= 0.6 is 7.14 Å². The highest BCUT2D eigenvalue weighted by Gasteiger charge is 2.44. The maximum Gasteiger partial charge on any atom is 0.248 e. The second-order valence-corrected chi connectivity index (χ2v) is 11.9. The molecule has 1 unspecified atom stereocenters. The SMILES string of the molecule is COc1ccc(C(=O)P(=O)(C(=O)c2c(C)cc(C(C)(C)C)cc2C)c2ccccc2)c(OC)c1. The molecule has 6 heteroatoms. The van der Waals surface area contributed by atoms with Crippen LogP contribution in [0.1, 0.15) is 58.2 Å². The molecule has 5 nitrogen and oxygen atoms in total. The molecule has 1 atom stereocenters. The van der Waals surface area contributed by atoms with E-state index in [0.29, 0.717) is 22.4 Å². The first-order valence-corrected chi connectivity index (χ1v) is 12.7. The molecule has 0 amide bonds. The summed E-state index contributed by atoms with van der Waals surface area (Å²) in [6.07, 6.45) is 0. The molecule has 0 aliphatic rings. The van der Waals surface area contributed by atoms with E-state index < -0.39 is 18.2 Å². The molecule has 0 saturated carbocycles. The predicted octanol–water partition coefficient (Wildman–Crippen LogP) is 6.29. The normalized spacial score (nSPS) is 13.1. The molecule has 0 radical (unpaired) electrons. The molecule has 0 heterocycles. The largest absolute Gasteiger partial charge is 0.497 e. The molecule has 34 heavy (non-hydrogen) atoms. The van der Waals surface area contributed by atoms with Crippen molar-refractivity contribution in [3.05, 3.63) is 88.5 Å². The van der Waals surface area contributed by atoms with Gasteiger partial charge in [-0.1, -0.05) is 63.2 Å². The van der Waals surface area contributed by atoms with Crippen LogP contribution in [-0.4, -0.2) is 25.3 Å². The van der Waals surface area contributed by atoms with Crippen LogP contribution in [0.3, 0.4) is 0 Å². The molecular formula is C28H31O5P. The fraction of sp³-hybridized carbons (Fsp3) is 0.286. The summed E-state index contributed by atoms with van der Waals surface area (Å²) in [4.78, 5) is 28.0. The van der Waals surface area contributed by atoms with Gasteiger partial charge in [0.2, 0.25) is 18.2 Å². The van der Waals surface area contributed by atoms with Gasteiger partial charge in [0.25, 0.3) is 0 Å². The summed E-state index contributed by atoms with van der Waals surface area (Å²) in [7, 11) is -1.35. The monoisotopic (exact) mass is 478 g/mol. The van der Waals surface area contributed by atoms with Gasteiger partial charge in [-0.3, -0.25) is 9.59 Å². The highest BCUT2D eigenvalue weighted by Crippen LogP contribution is 2.53. The molecule has 0 spiro atoms. The summed E-state index contributed by atoms with van der Waals surface area (Å²) in [5.41, 5.74) is 1.30. The average Bonchev–Trinajstić information content (AvgIpc) is 2.81. The summed E-state index contributed by atoms with van der Waals surface area (Å²) in [6, 6.07) is 16.7. The zero-order chi connectivity index (χ0) is 25.3. The van der Waals surface area contributed by atoms with Crippen LogP contribution in [-0.2, 0) is 9.98 Å². The average molecular weight is 479 g/mol. The Bertz CT molecular complexity index is 1260. The van der Waals surface area contributed by atoms with Gasteiger partial charge in [-0.25, -0.2) is 0 Å². The van der Waals surface area contributed by atoms with Crippen LogP contribution < -0.4 is 14.8 Å². The lowest BCUT2D eigenvalue weighted by Gasteiger charge is -2.24. The Morgan fingerprint density at radius 3 is 1.88 bits per heavy atom. The molecule has 0 bridgehead atoms. The molecule has 0 fully saturated rings. The maximum atomic E-state index is 14.6. The second-order valence-electron chi connectivity index (χ2n) is 9.36. The molecule has 3 rings (SSSR count). The van der Waals surface area contributed by atoms with Crippen LogP contribution in [0.25, 0.3) is 0 Å². The van der Waals surface area contributed by atoms with Gasteiger partial charge in [0.15, 0.2) is 0 Å². The van der Waals surface area contributed by atoms with Crippen molar-refractivity contribution >= 4 is 23.5 Å². The van der Waals surface area contributed by atoms with E-state index in [1.807, 2.05) is 26.0 Å². The van der Waals surface area contributed by atoms with Crippen molar-refractivity contribution in [1.29, 1.82) is 0 Å². The lowest BCUT2D eigenvalue weighted by Crippen LogP contribution is -2.22. The van der Waals surface area contributed by atoms with Crippen molar-refractivity contribution in [3.8, 4) is 11.5 Å². The summed E-state index contributed by atoms with van der Waals surface area (Å²) in [5, 5.41) is 0.196. The minimum atomic E-state index is -4.27. The summed E-state index contributed by atoms with van der Waals surface area (Å²) >= 11 is 0. The zero-order valence-corrected chi connectivity index (χ0v) is 21.7. The van der Waals surface area contributed by atoms with Gasteiger partial charge in [-0.2, -0.15) is 0 Å². The smallest absolute Gasteiger partial charge is 0.248 e. The molecule has 0 N–H and O–H groups in total. The third kappa shape index (κ3) is 4.58. The predicted molar refractivity (Wildman–Crippen MR) is 137 cm³/mol. The lowest BCUT2D eigenvalue weighted by atomic mass is 9.84. The Kier molecular flexibility index (Phi) is 7.18. The Morgan fingerprint density at radius 1 is 0.794 bits per heavy atom. The van der Waals surface area contributed by atoms with Crippen molar-refractivity contribution in [2.45, 2.75) is 40.0 Å². The highest BCUT2D eigenvalue weighted by molar-refractivity contribution is 8.01. The number of ether oxygens (including phenoxy) is 2. The molecular weight excluding hydrogens is 447 g/mol. The number of methoxy groups -OCH3 is 2. The first kappa shape index (κ1) is 25.5. The van der Waals surface area contributed by atoms with Crippen LogP contribution in [0.15, 0.2) is 60.7 Å². The fourth-order valence-corrected chi connectivity index (χ4v) is 6.44. The van der Waals surface area contributed by atoms with Gasteiger partial charge in [0, 0.05) is 16.9 Å². The van der Waals surface area contributed by atoms with Crippen LogP contribution in [0, 0.1) is 13.8 Å². The van der Waals surface area contributed by atoms with Crippen molar-refractivity contribution in [1.82, 2.24) is 0 Å². The van der Waals surface area contributed by atoms with E-state index in [-0.39, 0.29) is 22.0 Å². The summed E-state index contributed by atoms with van der Waals surface area (Å²) < 4.78 is 25.3. The number of hydrogen-bond donors (Lipinski definition) is 0. The number of benzene rings is 3. The van der Waals surface area contributed by atoms with Gasteiger partial charge in [0.1, 0.15) is 11.5 Å². The Morgan fingerprint density at radius 2 is 1.38 bits per heavy atom. The van der Waals surface area contributed by atoms with E-state index >= 15 is 0 Å². The lowest BCUT2D eigenvalue weighted by molar-refractivity contribution is 0.103. The first-order chi connectivity index (χ1) is 15.9. The Labute approximate surface area is 201 Å². The van der Waals surface area contributed by atoms with Crippen LogP contribution in [0.5, 0.6) is 11.5 Å². The minimum absolute atomic E-state index is 0.0745. The molecule has 0 saturated heterocycles. The third-order valence-corrected chi connectivity index (χ3v) is 8.58. The number of rotatable bonds is 7. The van der Waals surface area contributed by atoms with E-state index in [9.17, 15) is 14.2 Å². The van der Waals surface area contributed by atoms with E-state index in [0.717, 1.165) is 5.56 Å². The van der Waals surface area contributed by atoms with Crippen molar-refractivity contribution < 1.29 is 23.6 Å². The number of hydrogen-bond acceptors (Lipinski definition) is 5. The van der Waals surface area contributed by atoms with Gasteiger partial charge in [0.05, 0.1) is 19.8 Å². The summed E-state index contributed by atoms with van der Waals surface area (Å²) in [5.74, 6) is 0.684. The molecule has 0 aliphatic heterocycles. The highest BCUT2D eigenvalue weighted by atomic mass is 31.2. The van der Waals surface area contributed by atoms with Crippen molar-refractivity contribution in [3.63, 3.8) is 0 Å². The van der Waals surface area contributed by atoms with E-state index in [2.05, 4.69) is 20.8 Å². The quantitative estimate of drug-likeness (QED) is 0.374. The topological polar surface area (TPSA) is 69.7 Å². The van der Waals surface area contributed by atoms with E-state index in [1.165, 1.54) is 20.3 Å². The Hall–Kier alpha value is -3.17. The first-order valence-electron chi connectivity index (χ1n) is 11.0. The number of aryl methyl sites for hydroxylation is 2. The molecule has 178 valence electrons. The Balaban J connectivity index is 2.26. The molecule has 3 aromatic rings. The van der Waals surface area contributed by atoms with Gasteiger partial charge in [-0.15, -0.1) is 0 Å². The van der Waals surface area contributed by atoms with Gasteiger partial charge < -0.3 is 14.0 Å². The maximum absolute atomic E-state index is 14.6. The van der Waals surface area contributed by atoms with Gasteiger partial charge >= 0.3 is 0 Å². The van der Waals surface area contributed by atoms with Crippen LogP contribution in [0.4, 0.5) is 0 Å². The minimum Gasteiger partial charge on any atom is -0.497 e. The second kappa shape index (κ2) is 9.60. The van der Waals surface area contributed by atoms with E-state index in [4.69, 9.17) is 9.47 Å². The standard InChI is InChI=1S/C28H31O5P/c1-18-15-20(28(3,4)5)16-19(2)25(18)27(30)34(31,22-11-9-8-10-12-22)26(29)23-14-13-21(32-6)17-24(23)33-7/h8-17H,1-7H3. The number of carbonyl (C=O) groups excluding carboxylic acids is 2.